The number of ether oxygens (including phenoxy) is 1. The lowest BCUT2D eigenvalue weighted by atomic mass is 10.2. The number of hydrogen-bond donors (Lipinski definition) is 0. The van der Waals surface area contributed by atoms with Gasteiger partial charge in [0.25, 0.3) is 5.91 Å². The first-order chi connectivity index (χ1) is 10.6. The second-order valence-corrected chi connectivity index (χ2v) is 4.93. The highest BCUT2D eigenvalue weighted by Gasteiger charge is 2.12. The minimum absolute atomic E-state index is 0.243. The van der Waals surface area contributed by atoms with Gasteiger partial charge in [-0.15, -0.1) is 0 Å². The van der Waals surface area contributed by atoms with E-state index in [0.29, 0.717) is 5.17 Å². The average Bonchev–Trinajstić information content (AvgIpc) is 2.51. The van der Waals surface area contributed by atoms with E-state index in [1.807, 2.05) is 30.3 Å². The van der Waals surface area contributed by atoms with Gasteiger partial charge in [-0.3, -0.25) is 9.59 Å². The van der Waals surface area contributed by atoms with Crippen molar-refractivity contribution in [2.24, 2.45) is 10.1 Å². The Morgan fingerprint density at radius 1 is 1.32 bits per heavy atom. The number of thioether (sulfide) groups is 1. The van der Waals surface area contributed by atoms with Gasteiger partial charge in [-0.1, -0.05) is 42.1 Å². The van der Waals surface area contributed by atoms with E-state index in [1.54, 1.807) is 26.4 Å². The third kappa shape index (κ3) is 6.53. The van der Waals surface area contributed by atoms with Crippen LogP contribution in [0, 0.1) is 0 Å². The number of rotatable bonds is 5. The quantitative estimate of drug-likeness (QED) is 0.273. The Labute approximate surface area is 134 Å². The molecule has 0 aliphatic carbocycles. The molecule has 0 aromatic heterocycles. The van der Waals surface area contributed by atoms with Crippen LogP contribution in [0.3, 0.4) is 0 Å². The summed E-state index contributed by atoms with van der Waals surface area (Å²) in [5.41, 5.74) is 0.938. The Morgan fingerprint density at radius 2 is 2.00 bits per heavy atom. The number of hydrazone groups is 1. The molecule has 1 rings (SSSR count). The highest BCUT2D eigenvalue weighted by molar-refractivity contribution is 8.13. The van der Waals surface area contributed by atoms with Gasteiger partial charge in [-0.2, -0.15) is 10.1 Å². The van der Waals surface area contributed by atoms with Gasteiger partial charge >= 0.3 is 5.97 Å². The molecule has 0 bridgehead atoms. The second-order valence-electron chi connectivity index (χ2n) is 4.15. The highest BCUT2D eigenvalue weighted by atomic mass is 32.2. The standard InChI is InChI=1S/C15H19N3O3S/c1-4-21-14(20)10-13(19)17-15(22-3)18(2)16-11-12-8-6-5-7-9-12/h5-9,11H,4,10H2,1-3H3/b16-11+,17-15?. The van der Waals surface area contributed by atoms with Crippen molar-refractivity contribution in [2.45, 2.75) is 13.3 Å². The Kier molecular flexibility index (Phi) is 7.91. The van der Waals surface area contributed by atoms with Crippen molar-refractivity contribution in [1.82, 2.24) is 5.01 Å². The van der Waals surface area contributed by atoms with Gasteiger partial charge in [-0.05, 0) is 18.7 Å². The average molecular weight is 321 g/mol. The normalized spacial score (nSPS) is 11.5. The largest absolute Gasteiger partial charge is 0.466 e. The number of amides is 1. The van der Waals surface area contributed by atoms with Crippen LogP contribution >= 0.6 is 11.8 Å². The summed E-state index contributed by atoms with van der Waals surface area (Å²) >= 11 is 1.27. The fraction of sp³-hybridized carbons (Fsp3) is 0.333. The predicted octanol–water partition coefficient (Wildman–Crippen LogP) is 2.15. The number of nitrogens with zero attached hydrogens (tertiary/aromatic N) is 3. The minimum atomic E-state index is -0.577. The molecule has 0 unspecified atom stereocenters. The van der Waals surface area contributed by atoms with E-state index in [9.17, 15) is 9.59 Å². The maximum atomic E-state index is 11.7. The number of esters is 1. The van der Waals surface area contributed by atoms with Crippen LogP contribution in [-0.2, 0) is 14.3 Å². The molecule has 0 N–H and O–H groups in total. The van der Waals surface area contributed by atoms with E-state index >= 15 is 0 Å². The highest BCUT2D eigenvalue weighted by Crippen LogP contribution is 2.06. The van der Waals surface area contributed by atoms with Gasteiger partial charge in [-0.25, -0.2) is 5.01 Å². The van der Waals surface area contributed by atoms with Crippen LogP contribution in [0.15, 0.2) is 40.4 Å². The molecule has 0 aliphatic heterocycles. The van der Waals surface area contributed by atoms with Crippen molar-refractivity contribution in [2.75, 3.05) is 19.9 Å². The van der Waals surface area contributed by atoms with E-state index in [4.69, 9.17) is 4.74 Å². The summed E-state index contributed by atoms with van der Waals surface area (Å²) in [5, 5.41) is 6.11. The van der Waals surface area contributed by atoms with Gasteiger partial charge < -0.3 is 4.74 Å². The minimum Gasteiger partial charge on any atom is -0.466 e. The molecule has 7 heteroatoms. The molecule has 1 aromatic carbocycles. The first-order valence-corrected chi connectivity index (χ1v) is 7.93. The third-order valence-electron chi connectivity index (χ3n) is 2.46. The first kappa shape index (κ1) is 17.9. The summed E-state index contributed by atoms with van der Waals surface area (Å²) < 4.78 is 4.71. The molecule has 1 amide bonds. The summed E-state index contributed by atoms with van der Waals surface area (Å²) in [7, 11) is 1.69. The lowest BCUT2D eigenvalue weighted by molar-refractivity contribution is -0.145. The monoisotopic (exact) mass is 321 g/mol. The Balaban J connectivity index is 2.69. The van der Waals surface area contributed by atoms with Crippen molar-refractivity contribution in [3.63, 3.8) is 0 Å². The summed E-state index contributed by atoms with van der Waals surface area (Å²) in [5.74, 6) is -1.13. The van der Waals surface area contributed by atoms with Crippen molar-refractivity contribution in [1.29, 1.82) is 0 Å². The lowest BCUT2D eigenvalue weighted by Crippen LogP contribution is -2.20. The van der Waals surface area contributed by atoms with Crippen LogP contribution in [0.25, 0.3) is 0 Å². The topological polar surface area (TPSA) is 71.3 Å². The second kappa shape index (κ2) is 9.73. The molecular formula is C15H19N3O3S. The van der Waals surface area contributed by atoms with E-state index in [0.717, 1.165) is 5.56 Å². The molecule has 0 saturated carbocycles. The van der Waals surface area contributed by atoms with Gasteiger partial charge in [0.05, 0.1) is 12.8 Å². The summed E-state index contributed by atoms with van der Waals surface area (Å²) in [6.07, 6.45) is 3.08. The van der Waals surface area contributed by atoms with Crippen LogP contribution in [0.1, 0.15) is 18.9 Å². The van der Waals surface area contributed by atoms with Gasteiger partial charge in [0.1, 0.15) is 6.42 Å². The van der Waals surface area contributed by atoms with Crippen molar-refractivity contribution < 1.29 is 14.3 Å². The maximum absolute atomic E-state index is 11.7. The Bertz CT molecular complexity index is 558. The Hall–Kier alpha value is -2.15. The molecule has 6 nitrogen and oxygen atoms in total. The van der Waals surface area contributed by atoms with Crippen LogP contribution in [0.5, 0.6) is 0 Å². The zero-order valence-electron chi connectivity index (χ0n) is 12.9. The summed E-state index contributed by atoms with van der Waals surface area (Å²) in [6, 6.07) is 9.57. The smallest absolute Gasteiger partial charge is 0.315 e. The Morgan fingerprint density at radius 3 is 2.59 bits per heavy atom. The van der Waals surface area contributed by atoms with Gasteiger partial charge in [0.2, 0.25) is 0 Å². The van der Waals surface area contributed by atoms with E-state index in [2.05, 4.69) is 10.1 Å². The van der Waals surface area contributed by atoms with E-state index < -0.39 is 11.9 Å². The van der Waals surface area contributed by atoms with Crippen molar-refractivity contribution in [3.05, 3.63) is 35.9 Å². The maximum Gasteiger partial charge on any atom is 0.315 e. The van der Waals surface area contributed by atoms with Crippen LogP contribution in [-0.4, -0.2) is 48.2 Å². The van der Waals surface area contributed by atoms with Crippen LogP contribution in [0.2, 0.25) is 0 Å². The molecule has 0 spiro atoms. The fourth-order valence-electron chi connectivity index (χ4n) is 1.47. The first-order valence-electron chi connectivity index (χ1n) is 6.70. The zero-order chi connectivity index (χ0) is 16.4. The van der Waals surface area contributed by atoms with Crippen molar-refractivity contribution in [3.8, 4) is 0 Å². The SMILES string of the molecule is CCOC(=O)CC(=O)N=C(SC)N(C)/N=C/c1ccccc1. The molecule has 1 aromatic rings. The van der Waals surface area contributed by atoms with Gasteiger partial charge in [0, 0.05) is 7.05 Å². The number of hydrogen-bond acceptors (Lipinski definition) is 5. The number of amidine groups is 1. The number of benzene rings is 1. The molecule has 0 radical (unpaired) electrons. The van der Waals surface area contributed by atoms with Gasteiger partial charge in [0.15, 0.2) is 5.17 Å². The fourth-order valence-corrected chi connectivity index (χ4v) is 1.98. The van der Waals surface area contributed by atoms with Crippen LogP contribution < -0.4 is 0 Å². The zero-order valence-corrected chi connectivity index (χ0v) is 13.7. The predicted molar refractivity (Wildman–Crippen MR) is 89.0 cm³/mol. The third-order valence-corrected chi connectivity index (χ3v) is 3.18. The lowest BCUT2D eigenvalue weighted by Gasteiger charge is -2.12. The molecule has 0 fully saturated rings. The molecule has 0 heterocycles. The molecule has 0 atom stereocenters. The number of aliphatic imine (C=N–C) groups is 1. The number of carbonyl (C=O) groups excluding carboxylic acids is 2. The molecule has 22 heavy (non-hydrogen) atoms. The van der Waals surface area contributed by atoms with E-state index in [1.165, 1.54) is 16.8 Å². The molecular weight excluding hydrogens is 302 g/mol. The molecule has 0 aliphatic rings. The number of carbonyl (C=O) groups is 2. The molecule has 0 saturated heterocycles. The summed E-state index contributed by atoms with van der Waals surface area (Å²) in [4.78, 5) is 26.8. The van der Waals surface area contributed by atoms with E-state index in [-0.39, 0.29) is 13.0 Å². The molecule has 118 valence electrons. The van der Waals surface area contributed by atoms with Crippen LogP contribution in [0.4, 0.5) is 0 Å². The van der Waals surface area contributed by atoms with Crippen molar-refractivity contribution >= 4 is 35.0 Å². The summed E-state index contributed by atoms with van der Waals surface area (Å²) in [6.45, 7) is 1.93.